The first-order valence-corrected chi connectivity index (χ1v) is 10.7. The van der Waals surface area contributed by atoms with E-state index < -0.39 is 0 Å². The number of amides is 1. The van der Waals surface area contributed by atoms with Crippen LogP contribution in [0.5, 0.6) is 0 Å². The van der Waals surface area contributed by atoms with E-state index in [0.717, 1.165) is 15.2 Å². The van der Waals surface area contributed by atoms with Gasteiger partial charge in [0, 0.05) is 5.02 Å². The van der Waals surface area contributed by atoms with Crippen molar-refractivity contribution in [2.75, 3.05) is 11.1 Å². The summed E-state index contributed by atoms with van der Waals surface area (Å²) in [6, 6.07) is 13.2. The molecule has 1 N–H and O–H groups in total. The predicted molar refractivity (Wildman–Crippen MR) is 114 cm³/mol. The molecule has 0 saturated carbocycles. The third kappa shape index (κ3) is 3.46. The zero-order chi connectivity index (χ0) is 19.8. The third-order valence-electron chi connectivity index (χ3n) is 4.14. The lowest BCUT2D eigenvalue weighted by Crippen LogP contribution is -2.16. The summed E-state index contributed by atoms with van der Waals surface area (Å²) in [5, 5.41) is 16.6. The fraction of sp³-hybridized carbons (Fsp3) is 0.0556. The largest absolute Gasteiger partial charge is 0.323 e. The normalized spacial score (nSPS) is 11.3. The highest BCUT2D eigenvalue weighted by molar-refractivity contribution is 7.99. The summed E-state index contributed by atoms with van der Waals surface area (Å²) in [4.78, 5) is 17.4. The number of nitrogens with zero attached hydrogens (tertiary/aromatic N) is 6. The highest BCUT2D eigenvalue weighted by atomic mass is 35.5. The molecule has 0 bridgehead atoms. The summed E-state index contributed by atoms with van der Waals surface area (Å²) in [6.07, 6.45) is 2.99. The van der Waals surface area contributed by atoms with Crippen LogP contribution >= 0.6 is 34.7 Å². The van der Waals surface area contributed by atoms with Crippen LogP contribution in [-0.2, 0) is 4.79 Å². The fourth-order valence-corrected chi connectivity index (χ4v) is 4.85. The lowest BCUT2D eigenvalue weighted by Gasteiger charge is -2.11. The van der Waals surface area contributed by atoms with Gasteiger partial charge in [-0.1, -0.05) is 46.8 Å². The van der Waals surface area contributed by atoms with Crippen molar-refractivity contribution in [3.8, 4) is 5.69 Å². The third-order valence-corrected chi connectivity index (χ3v) is 6.32. The molecule has 5 rings (SSSR count). The molecular formula is C18H12ClN7OS2. The molecule has 3 heterocycles. The average molecular weight is 442 g/mol. The number of aromatic nitrogens is 6. The first kappa shape index (κ1) is 18.1. The minimum absolute atomic E-state index is 0.175. The molecule has 0 aliphatic carbocycles. The molecule has 29 heavy (non-hydrogen) atoms. The SMILES string of the molecule is O=C(CSc1nnc2sc3ccccc3n12)Nc1cc(Cl)ccc1-n1cncn1. The Morgan fingerprint density at radius 2 is 2.10 bits per heavy atom. The molecule has 0 saturated heterocycles. The quantitative estimate of drug-likeness (QED) is 0.416. The molecule has 144 valence electrons. The highest BCUT2D eigenvalue weighted by Crippen LogP contribution is 2.30. The number of halogens is 1. The Kier molecular flexibility index (Phi) is 4.66. The predicted octanol–water partition coefficient (Wildman–Crippen LogP) is 3.91. The second kappa shape index (κ2) is 7.47. The van der Waals surface area contributed by atoms with E-state index in [4.69, 9.17) is 11.6 Å². The number of rotatable bonds is 5. The summed E-state index contributed by atoms with van der Waals surface area (Å²) >= 11 is 9.00. The zero-order valence-electron chi connectivity index (χ0n) is 14.7. The summed E-state index contributed by atoms with van der Waals surface area (Å²) < 4.78 is 4.66. The lowest BCUT2D eigenvalue weighted by molar-refractivity contribution is -0.113. The summed E-state index contributed by atoms with van der Waals surface area (Å²) in [7, 11) is 0. The van der Waals surface area contributed by atoms with Crippen LogP contribution in [-0.4, -0.2) is 41.0 Å². The van der Waals surface area contributed by atoms with Gasteiger partial charge in [-0.15, -0.1) is 10.2 Å². The molecule has 2 aromatic carbocycles. The van der Waals surface area contributed by atoms with Gasteiger partial charge >= 0.3 is 0 Å². The van der Waals surface area contributed by atoms with E-state index in [1.165, 1.54) is 18.1 Å². The van der Waals surface area contributed by atoms with Crippen LogP contribution in [0.3, 0.4) is 0 Å². The number of carbonyl (C=O) groups excluding carboxylic acids is 1. The Balaban J connectivity index is 1.36. The Bertz CT molecular complexity index is 1330. The maximum Gasteiger partial charge on any atom is 0.234 e. The van der Waals surface area contributed by atoms with E-state index in [9.17, 15) is 4.79 Å². The topological polar surface area (TPSA) is 90.0 Å². The number of anilines is 1. The number of benzene rings is 2. The molecule has 0 atom stereocenters. The standard InChI is InChI=1S/C18H12ClN7OS2/c19-11-5-6-13(25-10-20-9-21-25)12(7-11)22-16(27)8-28-17-23-24-18-26(17)14-3-1-2-4-15(14)29-18/h1-7,9-10H,8H2,(H,22,27). The molecule has 11 heteroatoms. The van der Waals surface area contributed by atoms with Crippen LogP contribution in [0.4, 0.5) is 5.69 Å². The van der Waals surface area contributed by atoms with Crippen LogP contribution in [0.1, 0.15) is 0 Å². The Labute approximate surface area is 177 Å². The van der Waals surface area contributed by atoms with Gasteiger partial charge in [0.25, 0.3) is 0 Å². The van der Waals surface area contributed by atoms with Crippen molar-refractivity contribution in [1.82, 2.24) is 29.4 Å². The molecular weight excluding hydrogens is 430 g/mol. The minimum Gasteiger partial charge on any atom is -0.323 e. The maximum absolute atomic E-state index is 12.6. The first-order valence-electron chi connectivity index (χ1n) is 8.49. The van der Waals surface area contributed by atoms with Crippen LogP contribution in [0.15, 0.2) is 60.3 Å². The number of hydrogen-bond acceptors (Lipinski definition) is 7. The number of carbonyl (C=O) groups is 1. The minimum atomic E-state index is -0.185. The molecule has 3 aromatic heterocycles. The van der Waals surface area contributed by atoms with Gasteiger partial charge in [-0.25, -0.2) is 9.67 Å². The Morgan fingerprint density at radius 3 is 2.97 bits per heavy atom. The highest BCUT2D eigenvalue weighted by Gasteiger charge is 2.15. The molecule has 0 fully saturated rings. The van der Waals surface area contributed by atoms with Crippen LogP contribution in [0.2, 0.25) is 5.02 Å². The molecule has 1 amide bonds. The van der Waals surface area contributed by atoms with Gasteiger partial charge < -0.3 is 5.32 Å². The number of fused-ring (bicyclic) bond motifs is 3. The number of para-hydroxylation sites is 1. The van der Waals surface area contributed by atoms with E-state index >= 15 is 0 Å². The van der Waals surface area contributed by atoms with Crippen molar-refractivity contribution in [2.24, 2.45) is 0 Å². The number of hydrogen-bond donors (Lipinski definition) is 1. The van der Waals surface area contributed by atoms with E-state index in [2.05, 4.69) is 25.6 Å². The van der Waals surface area contributed by atoms with Crippen LogP contribution in [0, 0.1) is 0 Å². The van der Waals surface area contributed by atoms with Crippen molar-refractivity contribution < 1.29 is 4.79 Å². The maximum atomic E-state index is 12.6. The van der Waals surface area contributed by atoms with Crippen molar-refractivity contribution >= 4 is 61.5 Å². The molecule has 0 spiro atoms. The zero-order valence-corrected chi connectivity index (χ0v) is 17.1. The number of thiazole rings is 1. The average Bonchev–Trinajstić information content (AvgIpc) is 3.44. The molecule has 0 aliphatic heterocycles. The molecule has 0 aliphatic rings. The van der Waals surface area contributed by atoms with Gasteiger partial charge in [0.05, 0.1) is 27.3 Å². The second-order valence-corrected chi connectivity index (χ2v) is 8.40. The van der Waals surface area contributed by atoms with Gasteiger partial charge in [0.1, 0.15) is 12.7 Å². The van der Waals surface area contributed by atoms with Crippen LogP contribution in [0.25, 0.3) is 20.9 Å². The molecule has 5 aromatic rings. The molecule has 0 unspecified atom stereocenters. The van der Waals surface area contributed by atoms with Gasteiger partial charge in [-0.2, -0.15) is 5.10 Å². The Hall–Kier alpha value is -2.95. The summed E-state index contributed by atoms with van der Waals surface area (Å²) in [6.45, 7) is 0. The van der Waals surface area contributed by atoms with Crippen molar-refractivity contribution in [1.29, 1.82) is 0 Å². The number of nitrogens with one attached hydrogen (secondary N) is 1. The van der Waals surface area contributed by atoms with E-state index in [1.807, 2.05) is 28.7 Å². The Morgan fingerprint density at radius 1 is 1.21 bits per heavy atom. The lowest BCUT2D eigenvalue weighted by atomic mass is 10.2. The van der Waals surface area contributed by atoms with Crippen molar-refractivity contribution in [3.63, 3.8) is 0 Å². The first-order chi connectivity index (χ1) is 14.2. The van der Waals surface area contributed by atoms with E-state index in [1.54, 1.807) is 40.5 Å². The van der Waals surface area contributed by atoms with E-state index in [-0.39, 0.29) is 11.7 Å². The summed E-state index contributed by atoms with van der Waals surface area (Å²) in [5.41, 5.74) is 2.27. The van der Waals surface area contributed by atoms with Gasteiger partial charge in [-0.3, -0.25) is 9.20 Å². The van der Waals surface area contributed by atoms with Crippen molar-refractivity contribution in [2.45, 2.75) is 5.16 Å². The second-order valence-electron chi connectivity index (χ2n) is 6.01. The summed E-state index contributed by atoms with van der Waals surface area (Å²) in [5.74, 6) is -0.0104. The number of thioether (sulfide) groups is 1. The fourth-order valence-electron chi connectivity index (χ4n) is 2.91. The van der Waals surface area contributed by atoms with Gasteiger partial charge in [0.2, 0.25) is 10.9 Å². The van der Waals surface area contributed by atoms with Crippen molar-refractivity contribution in [3.05, 3.63) is 60.1 Å². The van der Waals surface area contributed by atoms with Gasteiger partial charge in [-0.05, 0) is 30.3 Å². The van der Waals surface area contributed by atoms with E-state index in [0.29, 0.717) is 21.6 Å². The smallest absolute Gasteiger partial charge is 0.234 e. The monoisotopic (exact) mass is 441 g/mol. The van der Waals surface area contributed by atoms with Gasteiger partial charge in [0.15, 0.2) is 5.16 Å². The molecule has 0 radical (unpaired) electrons. The molecule has 8 nitrogen and oxygen atoms in total. The van der Waals surface area contributed by atoms with Crippen LogP contribution < -0.4 is 5.32 Å².